The summed E-state index contributed by atoms with van der Waals surface area (Å²) >= 11 is 0. The lowest BCUT2D eigenvalue weighted by atomic mass is 10.2. The quantitative estimate of drug-likeness (QED) is 0.833. The summed E-state index contributed by atoms with van der Waals surface area (Å²) in [5.41, 5.74) is 0.548. The fourth-order valence-electron chi connectivity index (χ4n) is 1.63. The Hall–Kier alpha value is -2.83. The van der Waals surface area contributed by atoms with Crippen molar-refractivity contribution in [3.8, 4) is 0 Å². The Labute approximate surface area is 120 Å². The van der Waals surface area contributed by atoms with Crippen LogP contribution < -0.4 is 10.6 Å². The number of amides is 3. The van der Waals surface area contributed by atoms with E-state index in [0.29, 0.717) is 5.58 Å². The van der Waals surface area contributed by atoms with Gasteiger partial charge in [0, 0.05) is 12.4 Å². The van der Waals surface area contributed by atoms with Crippen molar-refractivity contribution in [3.05, 3.63) is 36.1 Å². The highest BCUT2D eigenvalue weighted by atomic mass is 16.6. The minimum atomic E-state index is -1.12. The van der Waals surface area contributed by atoms with Crippen LogP contribution in [-0.4, -0.2) is 31.1 Å². The van der Waals surface area contributed by atoms with Gasteiger partial charge in [0.2, 0.25) is 5.76 Å². The molecule has 0 aliphatic heterocycles. The lowest BCUT2D eigenvalue weighted by Crippen LogP contribution is -2.43. The van der Waals surface area contributed by atoms with Crippen molar-refractivity contribution in [1.82, 2.24) is 10.6 Å². The summed E-state index contributed by atoms with van der Waals surface area (Å²) in [5.74, 6) is -1.50. The van der Waals surface area contributed by atoms with E-state index >= 15 is 0 Å². The minimum Gasteiger partial charge on any atom is -0.449 e. The van der Waals surface area contributed by atoms with Crippen LogP contribution in [0.15, 0.2) is 34.7 Å². The van der Waals surface area contributed by atoms with Gasteiger partial charge < -0.3 is 14.5 Å². The molecule has 7 heteroatoms. The Bertz CT molecular complexity index is 658. The molecule has 0 bridgehead atoms. The number of carbonyl (C=O) groups is 3. The van der Waals surface area contributed by atoms with Crippen LogP contribution in [0.25, 0.3) is 11.0 Å². The monoisotopic (exact) mass is 290 g/mol. The van der Waals surface area contributed by atoms with Gasteiger partial charge in [0.05, 0.1) is 0 Å². The number of imide groups is 1. The lowest BCUT2D eigenvalue weighted by molar-refractivity contribution is -0.128. The van der Waals surface area contributed by atoms with E-state index in [0.717, 1.165) is 5.39 Å². The number of nitrogens with one attached hydrogen (secondary N) is 2. The van der Waals surface area contributed by atoms with Crippen molar-refractivity contribution >= 4 is 28.9 Å². The van der Waals surface area contributed by atoms with Crippen LogP contribution in [0.4, 0.5) is 4.79 Å². The van der Waals surface area contributed by atoms with E-state index in [1.54, 1.807) is 18.2 Å². The van der Waals surface area contributed by atoms with E-state index < -0.39 is 24.0 Å². The summed E-state index contributed by atoms with van der Waals surface area (Å²) in [4.78, 5) is 34.5. The van der Waals surface area contributed by atoms with Gasteiger partial charge in [0.15, 0.2) is 6.10 Å². The van der Waals surface area contributed by atoms with Gasteiger partial charge in [-0.05, 0) is 19.1 Å². The number of carbonyl (C=O) groups excluding carboxylic acids is 3. The average molecular weight is 290 g/mol. The SMILES string of the molecule is CNC(=O)NC(=O)[C@H](C)OC(=O)c1cc2ccccc2o1. The molecule has 0 saturated heterocycles. The summed E-state index contributed by atoms with van der Waals surface area (Å²) in [6.07, 6.45) is -1.12. The summed E-state index contributed by atoms with van der Waals surface area (Å²) in [5, 5.41) is 5.00. The number of urea groups is 1. The molecular weight excluding hydrogens is 276 g/mol. The van der Waals surface area contributed by atoms with Crippen molar-refractivity contribution in [1.29, 1.82) is 0 Å². The lowest BCUT2D eigenvalue weighted by Gasteiger charge is -2.11. The number of esters is 1. The van der Waals surface area contributed by atoms with Gasteiger partial charge in [-0.3, -0.25) is 10.1 Å². The molecular formula is C14H14N2O5. The largest absolute Gasteiger partial charge is 0.449 e. The first-order valence-electron chi connectivity index (χ1n) is 6.23. The molecule has 21 heavy (non-hydrogen) atoms. The minimum absolute atomic E-state index is 0.00390. The Kier molecular flexibility index (Phi) is 4.22. The van der Waals surface area contributed by atoms with Crippen LogP contribution in [0.1, 0.15) is 17.5 Å². The van der Waals surface area contributed by atoms with Crippen LogP contribution >= 0.6 is 0 Å². The molecule has 0 aliphatic carbocycles. The number of furan rings is 1. The normalized spacial score (nSPS) is 11.7. The highest BCUT2D eigenvalue weighted by molar-refractivity contribution is 5.98. The van der Waals surface area contributed by atoms with Gasteiger partial charge in [-0.1, -0.05) is 18.2 Å². The second kappa shape index (κ2) is 6.08. The molecule has 1 aromatic carbocycles. The maximum absolute atomic E-state index is 11.9. The molecule has 2 N–H and O–H groups in total. The summed E-state index contributed by atoms with van der Waals surface area (Å²) < 4.78 is 10.3. The summed E-state index contributed by atoms with van der Waals surface area (Å²) in [6.45, 7) is 1.36. The van der Waals surface area contributed by atoms with Crippen molar-refractivity contribution in [2.45, 2.75) is 13.0 Å². The summed E-state index contributed by atoms with van der Waals surface area (Å²) in [6, 6.07) is 7.95. The van der Waals surface area contributed by atoms with Crippen molar-refractivity contribution in [2.75, 3.05) is 7.05 Å². The molecule has 0 fully saturated rings. The number of hydrogen-bond donors (Lipinski definition) is 2. The summed E-state index contributed by atoms with van der Waals surface area (Å²) in [7, 11) is 1.37. The van der Waals surface area contributed by atoms with Gasteiger partial charge in [-0.15, -0.1) is 0 Å². The number of rotatable bonds is 3. The Morgan fingerprint density at radius 3 is 2.62 bits per heavy atom. The van der Waals surface area contributed by atoms with Crippen molar-refractivity contribution < 1.29 is 23.5 Å². The third kappa shape index (κ3) is 3.38. The molecule has 110 valence electrons. The second-order valence-corrected chi connectivity index (χ2v) is 4.26. The number of fused-ring (bicyclic) bond motifs is 1. The van der Waals surface area contributed by atoms with E-state index in [9.17, 15) is 14.4 Å². The topological polar surface area (TPSA) is 97.6 Å². The molecule has 0 saturated carbocycles. The number of para-hydroxylation sites is 1. The van der Waals surface area contributed by atoms with Crippen LogP contribution in [0.2, 0.25) is 0 Å². The smallest absolute Gasteiger partial charge is 0.375 e. The molecule has 3 amide bonds. The zero-order chi connectivity index (χ0) is 15.4. The van der Waals surface area contributed by atoms with Crippen molar-refractivity contribution in [2.24, 2.45) is 0 Å². The Balaban J connectivity index is 2.03. The third-order valence-electron chi connectivity index (χ3n) is 2.74. The molecule has 0 spiro atoms. The van der Waals surface area contributed by atoms with Gasteiger partial charge >= 0.3 is 12.0 Å². The second-order valence-electron chi connectivity index (χ2n) is 4.26. The van der Waals surface area contributed by atoms with Crippen LogP contribution in [0, 0.1) is 0 Å². The fourth-order valence-corrected chi connectivity index (χ4v) is 1.63. The van der Waals surface area contributed by atoms with E-state index in [2.05, 4.69) is 5.32 Å². The van der Waals surface area contributed by atoms with Crippen molar-refractivity contribution in [3.63, 3.8) is 0 Å². The zero-order valence-electron chi connectivity index (χ0n) is 11.5. The van der Waals surface area contributed by atoms with Crippen LogP contribution in [-0.2, 0) is 9.53 Å². The molecule has 7 nitrogen and oxygen atoms in total. The highest BCUT2D eigenvalue weighted by Gasteiger charge is 2.22. The van der Waals surface area contributed by atoms with Gasteiger partial charge in [-0.25, -0.2) is 9.59 Å². The highest BCUT2D eigenvalue weighted by Crippen LogP contribution is 2.19. The molecule has 0 aliphatic rings. The standard InChI is InChI=1S/C14H14N2O5/c1-8(12(17)16-14(19)15-2)20-13(18)11-7-9-5-3-4-6-10(9)21-11/h3-8H,1-2H3,(H2,15,16,17,19)/t8-/m0/s1. The predicted octanol–water partition coefficient (Wildman–Crippen LogP) is 1.43. The maximum Gasteiger partial charge on any atom is 0.375 e. The number of ether oxygens (including phenoxy) is 1. The first-order valence-corrected chi connectivity index (χ1v) is 6.23. The number of hydrogen-bond acceptors (Lipinski definition) is 5. The predicted molar refractivity (Wildman–Crippen MR) is 73.7 cm³/mol. The van der Waals surface area contributed by atoms with E-state index in [-0.39, 0.29) is 5.76 Å². The van der Waals surface area contributed by atoms with Crippen LogP contribution in [0.3, 0.4) is 0 Å². The molecule has 0 unspecified atom stereocenters. The molecule has 2 rings (SSSR count). The van der Waals surface area contributed by atoms with Gasteiger partial charge in [0.1, 0.15) is 5.58 Å². The van der Waals surface area contributed by atoms with Gasteiger partial charge in [0.25, 0.3) is 5.91 Å². The fraction of sp³-hybridized carbons (Fsp3) is 0.214. The average Bonchev–Trinajstić information content (AvgIpc) is 2.90. The van der Waals surface area contributed by atoms with E-state index in [1.807, 2.05) is 11.4 Å². The Morgan fingerprint density at radius 1 is 1.24 bits per heavy atom. The molecule has 0 radical (unpaired) electrons. The van der Waals surface area contributed by atoms with E-state index in [1.165, 1.54) is 20.0 Å². The van der Waals surface area contributed by atoms with Gasteiger partial charge in [-0.2, -0.15) is 0 Å². The Morgan fingerprint density at radius 2 is 1.95 bits per heavy atom. The number of benzene rings is 1. The third-order valence-corrected chi connectivity index (χ3v) is 2.74. The zero-order valence-corrected chi connectivity index (χ0v) is 11.5. The molecule has 1 atom stereocenters. The first kappa shape index (κ1) is 14.6. The van der Waals surface area contributed by atoms with Crippen LogP contribution in [0.5, 0.6) is 0 Å². The maximum atomic E-state index is 11.9. The molecule has 2 aromatic rings. The van der Waals surface area contributed by atoms with E-state index in [4.69, 9.17) is 9.15 Å². The first-order chi connectivity index (χ1) is 10.0. The molecule has 1 aromatic heterocycles. The molecule has 1 heterocycles.